The Morgan fingerprint density at radius 2 is 0.921 bits per heavy atom. The van der Waals surface area contributed by atoms with Crippen molar-refractivity contribution in [1.29, 1.82) is 0 Å². The fourth-order valence-electron chi connectivity index (χ4n) is 3.26. The monoisotopic (exact) mass is 681 g/mol. The number of hydrogen-bond donors (Lipinski definition) is 0. The van der Waals surface area contributed by atoms with Gasteiger partial charge in [-0.15, -0.1) is 82.2 Å². The van der Waals surface area contributed by atoms with Gasteiger partial charge >= 0.3 is 37.9 Å². The zero-order valence-corrected chi connectivity index (χ0v) is 33.0. The van der Waals surface area contributed by atoms with Crippen molar-refractivity contribution in [2.75, 3.05) is 0 Å². The van der Waals surface area contributed by atoms with Crippen molar-refractivity contribution >= 4 is 66.2 Å². The summed E-state index contributed by atoms with van der Waals surface area (Å²) >= 11 is -0.826. The van der Waals surface area contributed by atoms with Crippen LogP contribution >= 0.6 is 17.0 Å². The van der Waals surface area contributed by atoms with E-state index in [9.17, 15) is 0 Å². The second-order valence-electron chi connectivity index (χ2n) is 12.4. The van der Waals surface area contributed by atoms with E-state index in [-0.39, 0.29) is 21.0 Å². The van der Waals surface area contributed by atoms with E-state index in [4.69, 9.17) is 25.9 Å². The maximum absolute atomic E-state index is 6.29. The molecule has 38 heavy (non-hydrogen) atoms. The van der Waals surface area contributed by atoms with Crippen LogP contribution in [0.5, 0.6) is 11.5 Å². The summed E-state index contributed by atoms with van der Waals surface area (Å²) in [6.07, 6.45) is 0. The SMILES string of the molecule is CC(C)(C)[Si](C)(C)Oc1cc2ccccc2[cH-]1.CC(C)(C)[Si](C)(C)Oc1cc2ccccc2[cH-]1.[Cl][Zr+2][Cl].[SiH3]. The molecule has 0 amide bonds. The molecule has 1 radical (unpaired) electrons. The predicted octanol–water partition coefficient (Wildman–Crippen LogP) is 10.1. The molecule has 0 bridgehead atoms. The predicted molar refractivity (Wildman–Crippen MR) is 176 cm³/mol. The first-order valence-corrected chi connectivity index (χ1v) is 24.8. The first kappa shape index (κ1) is 35.4. The molecule has 0 aromatic heterocycles. The maximum Gasteiger partial charge on any atom is -0.0125 e. The minimum Gasteiger partial charge on any atom is -0.0125 e. The molecule has 4 rings (SSSR count). The molecule has 0 aliphatic rings. The number of rotatable bonds is 4. The van der Waals surface area contributed by atoms with Crippen molar-refractivity contribution in [3.05, 3.63) is 72.8 Å². The van der Waals surface area contributed by atoms with Gasteiger partial charge in [-0.3, -0.25) is 0 Å². The number of halogens is 2. The molecule has 0 fully saturated rings. The van der Waals surface area contributed by atoms with Crippen LogP contribution in [0.4, 0.5) is 0 Å². The minimum absolute atomic E-state index is 0. The zero-order valence-electron chi connectivity index (χ0n) is 25.0. The Balaban J connectivity index is 0.000000337. The molecule has 4 aromatic carbocycles. The maximum atomic E-state index is 6.29. The minimum atomic E-state index is -1.71. The van der Waals surface area contributed by atoms with Crippen molar-refractivity contribution in [2.45, 2.75) is 77.8 Å². The van der Waals surface area contributed by atoms with Gasteiger partial charge in [0.25, 0.3) is 0 Å². The molecule has 8 heteroatoms. The summed E-state index contributed by atoms with van der Waals surface area (Å²) in [5, 5.41) is 5.55. The molecule has 0 heterocycles. The fourth-order valence-corrected chi connectivity index (χ4v) is 5.28. The van der Waals surface area contributed by atoms with E-state index in [1.165, 1.54) is 21.5 Å². The summed E-state index contributed by atoms with van der Waals surface area (Å²) in [4.78, 5) is 0. The van der Waals surface area contributed by atoms with E-state index in [0.717, 1.165) is 11.5 Å². The molecule has 0 atom stereocenters. The van der Waals surface area contributed by atoms with E-state index in [2.05, 4.69) is 141 Å². The van der Waals surface area contributed by atoms with Crippen LogP contribution in [0.25, 0.3) is 21.5 Å². The van der Waals surface area contributed by atoms with E-state index in [1.807, 2.05) is 0 Å². The normalized spacial score (nSPS) is 11.9. The van der Waals surface area contributed by atoms with Gasteiger partial charge in [0.1, 0.15) is 0 Å². The Labute approximate surface area is 256 Å². The van der Waals surface area contributed by atoms with Gasteiger partial charge in [-0.2, -0.15) is 0 Å². The van der Waals surface area contributed by atoms with Crippen molar-refractivity contribution in [3.8, 4) is 11.5 Å². The van der Waals surface area contributed by atoms with E-state index >= 15 is 0 Å². The smallest absolute Gasteiger partial charge is 0.0125 e. The van der Waals surface area contributed by atoms with Crippen LogP contribution in [0.15, 0.2) is 72.8 Å². The first-order valence-electron chi connectivity index (χ1n) is 12.7. The van der Waals surface area contributed by atoms with Crippen molar-refractivity contribution in [1.82, 2.24) is 0 Å². The van der Waals surface area contributed by atoms with Gasteiger partial charge < -0.3 is 8.85 Å². The number of benzene rings is 2. The van der Waals surface area contributed by atoms with Crippen molar-refractivity contribution in [2.24, 2.45) is 0 Å². The standard InChI is InChI=1S/2C15H21OSi.2ClH.H3Si.Zr/c2*1-15(2,3)17(4,5)16-14-10-12-8-6-7-9-13(12)11-14;;;;/h2*6-11H,1-5H3;2*1H;1H3;/q2*-1;;;;+4/p-2. The molecule has 0 aliphatic carbocycles. The molecule has 0 unspecified atom stereocenters. The molecule has 4 aromatic rings. The van der Waals surface area contributed by atoms with Crippen LogP contribution < -0.4 is 8.85 Å². The molecule has 0 saturated carbocycles. The number of fused-ring (bicyclic) bond motifs is 2. The molecule has 0 saturated heterocycles. The van der Waals surface area contributed by atoms with Crippen molar-refractivity contribution < 1.29 is 29.7 Å². The third-order valence-corrected chi connectivity index (χ3v) is 16.3. The van der Waals surface area contributed by atoms with Gasteiger partial charge in [0.2, 0.25) is 16.6 Å². The third-order valence-electron chi connectivity index (χ3n) is 7.54. The molecule has 0 aliphatic heterocycles. The summed E-state index contributed by atoms with van der Waals surface area (Å²) < 4.78 is 12.6. The van der Waals surface area contributed by atoms with Gasteiger partial charge in [-0.05, 0) is 47.2 Å². The van der Waals surface area contributed by atoms with Crippen LogP contribution in [0.3, 0.4) is 0 Å². The summed E-state index contributed by atoms with van der Waals surface area (Å²) in [5.74, 6) is 2.05. The average Bonchev–Trinajstić information content (AvgIpc) is 3.34. The van der Waals surface area contributed by atoms with Gasteiger partial charge in [0.05, 0.1) is 0 Å². The van der Waals surface area contributed by atoms with Crippen LogP contribution in [0.2, 0.25) is 36.3 Å². The summed E-state index contributed by atoms with van der Waals surface area (Å²) in [6.45, 7) is 22.7. The van der Waals surface area contributed by atoms with E-state index in [1.54, 1.807) is 0 Å². The molecule has 207 valence electrons. The van der Waals surface area contributed by atoms with Crippen LogP contribution in [-0.2, 0) is 20.8 Å². The third kappa shape index (κ3) is 9.78. The molecular weight excluding hydrogens is 639 g/mol. The Hall–Kier alpha value is -0.626. The Bertz CT molecular complexity index is 1100. The number of hydrogen-bond acceptors (Lipinski definition) is 2. The van der Waals surface area contributed by atoms with Crippen LogP contribution in [0, 0.1) is 0 Å². The van der Waals surface area contributed by atoms with Crippen LogP contribution in [-0.4, -0.2) is 27.6 Å². The summed E-state index contributed by atoms with van der Waals surface area (Å²) in [6, 6.07) is 25.4. The average molecular weight is 684 g/mol. The van der Waals surface area contributed by atoms with Crippen molar-refractivity contribution in [3.63, 3.8) is 0 Å². The molecule has 0 spiro atoms. The van der Waals surface area contributed by atoms with Gasteiger partial charge in [0.15, 0.2) is 0 Å². The van der Waals surface area contributed by atoms with Gasteiger partial charge in [-0.25, -0.2) is 0 Å². The fraction of sp³-hybridized carbons (Fsp3) is 0.400. The Kier molecular flexibility index (Phi) is 13.3. The van der Waals surface area contributed by atoms with E-state index in [0.29, 0.717) is 0 Å². The first-order chi connectivity index (χ1) is 17.0. The Morgan fingerprint density at radius 3 is 1.18 bits per heavy atom. The van der Waals surface area contributed by atoms with Gasteiger partial charge in [-0.1, -0.05) is 53.7 Å². The summed E-state index contributed by atoms with van der Waals surface area (Å²) in [5.41, 5.74) is 0. The van der Waals surface area contributed by atoms with Crippen LogP contribution in [0.1, 0.15) is 41.5 Å². The molecule has 0 N–H and O–H groups in total. The topological polar surface area (TPSA) is 18.5 Å². The van der Waals surface area contributed by atoms with E-state index < -0.39 is 37.5 Å². The molecule has 2 nitrogen and oxygen atoms in total. The second kappa shape index (κ2) is 14.3. The summed E-state index contributed by atoms with van der Waals surface area (Å²) in [7, 11) is 6.45. The second-order valence-corrected chi connectivity index (χ2v) is 25.6. The Morgan fingerprint density at radius 1 is 0.632 bits per heavy atom. The molecular formula is C30H45Cl2O2Si3Zr. The van der Waals surface area contributed by atoms with Gasteiger partial charge in [0, 0.05) is 11.5 Å². The quantitative estimate of drug-likeness (QED) is 0.158. The largest absolute Gasteiger partial charge is 0.0125 e. The zero-order chi connectivity index (χ0) is 28.1.